The van der Waals surface area contributed by atoms with Gasteiger partial charge in [0.05, 0.1) is 5.92 Å². The van der Waals surface area contributed by atoms with Crippen LogP contribution in [-0.4, -0.2) is 51.5 Å². The predicted octanol–water partition coefficient (Wildman–Crippen LogP) is 2.28. The van der Waals surface area contributed by atoms with Gasteiger partial charge in [-0.25, -0.2) is 8.42 Å². The van der Waals surface area contributed by atoms with E-state index in [-0.39, 0.29) is 18.4 Å². The third-order valence-corrected chi connectivity index (χ3v) is 8.40. The Balaban J connectivity index is 1.30. The van der Waals surface area contributed by atoms with Crippen LogP contribution in [0.15, 0.2) is 39.9 Å². The number of piperidine rings is 1. The minimum Gasteiger partial charge on any atom is -0.486 e. The van der Waals surface area contributed by atoms with Gasteiger partial charge in [0.25, 0.3) is 10.0 Å². The first kappa shape index (κ1) is 20.2. The van der Waals surface area contributed by atoms with E-state index >= 15 is 0 Å². The molecule has 2 aliphatic rings. The number of hydrogen-bond acceptors (Lipinski definition) is 6. The second-order valence-corrected chi connectivity index (χ2v) is 10.3. The number of ether oxygens (including phenoxy) is 2. The minimum atomic E-state index is -3.51. The van der Waals surface area contributed by atoms with Crippen molar-refractivity contribution < 1.29 is 22.7 Å². The Morgan fingerprint density at radius 1 is 1.21 bits per heavy atom. The molecule has 29 heavy (non-hydrogen) atoms. The molecule has 1 amide bonds. The van der Waals surface area contributed by atoms with Crippen molar-refractivity contribution in [3.05, 3.63) is 41.3 Å². The minimum absolute atomic E-state index is 0.0892. The normalized spacial score (nSPS) is 19.7. The van der Waals surface area contributed by atoms with Crippen molar-refractivity contribution in [1.82, 2.24) is 9.62 Å². The van der Waals surface area contributed by atoms with E-state index in [9.17, 15) is 13.2 Å². The highest BCUT2D eigenvalue weighted by atomic mass is 32.2. The van der Waals surface area contributed by atoms with Crippen LogP contribution in [0.5, 0.6) is 11.5 Å². The van der Waals surface area contributed by atoms with E-state index in [4.69, 9.17) is 9.47 Å². The highest BCUT2D eigenvalue weighted by Gasteiger charge is 2.33. The van der Waals surface area contributed by atoms with Crippen molar-refractivity contribution >= 4 is 27.3 Å². The average molecular weight is 437 g/mol. The number of thiophene rings is 1. The molecule has 156 valence electrons. The maximum Gasteiger partial charge on any atom is 0.252 e. The fourth-order valence-electron chi connectivity index (χ4n) is 3.63. The Morgan fingerprint density at radius 2 is 2.03 bits per heavy atom. The summed E-state index contributed by atoms with van der Waals surface area (Å²) in [5, 5.41) is 4.71. The van der Waals surface area contributed by atoms with Crippen molar-refractivity contribution in [3.63, 3.8) is 0 Å². The Kier molecular flexibility index (Phi) is 6.07. The van der Waals surface area contributed by atoms with Crippen LogP contribution in [0.25, 0.3) is 0 Å². The summed E-state index contributed by atoms with van der Waals surface area (Å²) >= 11 is 1.21. The second kappa shape index (κ2) is 8.73. The summed E-state index contributed by atoms with van der Waals surface area (Å²) in [6, 6.07) is 9.13. The third-order valence-electron chi connectivity index (χ3n) is 5.16. The fourth-order valence-corrected chi connectivity index (χ4v) is 6.30. The quantitative estimate of drug-likeness (QED) is 0.751. The van der Waals surface area contributed by atoms with Gasteiger partial charge < -0.3 is 14.8 Å². The van der Waals surface area contributed by atoms with Crippen LogP contribution in [0, 0.1) is 5.92 Å². The lowest BCUT2D eigenvalue weighted by Crippen LogP contribution is -2.45. The lowest BCUT2D eigenvalue weighted by molar-refractivity contribution is -0.126. The lowest BCUT2D eigenvalue weighted by atomic mass is 9.99. The number of amides is 1. The van der Waals surface area contributed by atoms with Gasteiger partial charge in [0.15, 0.2) is 11.5 Å². The highest BCUT2D eigenvalue weighted by molar-refractivity contribution is 7.91. The number of carbonyl (C=O) groups excluding carboxylic acids is 1. The monoisotopic (exact) mass is 436 g/mol. The van der Waals surface area contributed by atoms with Crippen LogP contribution in [0.1, 0.15) is 18.4 Å². The predicted molar refractivity (Wildman–Crippen MR) is 110 cm³/mol. The number of benzene rings is 1. The molecule has 0 unspecified atom stereocenters. The van der Waals surface area contributed by atoms with E-state index in [1.165, 1.54) is 15.6 Å². The zero-order chi connectivity index (χ0) is 20.3. The highest BCUT2D eigenvalue weighted by Crippen LogP contribution is 2.31. The van der Waals surface area contributed by atoms with Gasteiger partial charge in [0.1, 0.15) is 17.4 Å². The molecule has 1 aromatic heterocycles. The van der Waals surface area contributed by atoms with E-state index in [2.05, 4.69) is 5.32 Å². The first-order chi connectivity index (χ1) is 14.0. The number of hydrogen-bond donors (Lipinski definition) is 1. The van der Waals surface area contributed by atoms with Crippen molar-refractivity contribution in [3.8, 4) is 11.5 Å². The molecule has 0 radical (unpaired) electrons. The zero-order valence-electron chi connectivity index (χ0n) is 16.0. The summed E-state index contributed by atoms with van der Waals surface area (Å²) in [6.45, 7) is 2.28. The van der Waals surface area contributed by atoms with E-state index in [0.29, 0.717) is 49.8 Å². The SMILES string of the molecule is O=C(NCCc1ccc2c(c1)OCCO2)[C@H]1CCCN(S(=O)(=O)c2cccs2)C1. The van der Waals surface area contributed by atoms with Gasteiger partial charge in [-0.2, -0.15) is 4.31 Å². The van der Waals surface area contributed by atoms with Gasteiger partial charge in [0.2, 0.25) is 5.91 Å². The van der Waals surface area contributed by atoms with Crippen molar-refractivity contribution in [2.75, 3.05) is 32.8 Å². The van der Waals surface area contributed by atoms with E-state index in [1.807, 2.05) is 18.2 Å². The summed E-state index contributed by atoms with van der Waals surface area (Å²) in [5.74, 6) is 1.08. The molecule has 1 saturated heterocycles. The largest absolute Gasteiger partial charge is 0.486 e. The first-order valence-corrected chi connectivity index (χ1v) is 12.1. The Bertz CT molecular complexity index is 959. The summed E-state index contributed by atoms with van der Waals surface area (Å²) in [5.41, 5.74) is 1.06. The van der Waals surface area contributed by atoms with Crippen molar-refractivity contribution in [1.29, 1.82) is 0 Å². The van der Waals surface area contributed by atoms with Crippen LogP contribution in [0.4, 0.5) is 0 Å². The average Bonchev–Trinajstić information content (AvgIpc) is 3.29. The maximum atomic E-state index is 12.7. The molecule has 0 saturated carbocycles. The Labute approximate surface area is 174 Å². The molecule has 0 bridgehead atoms. The number of nitrogens with zero attached hydrogens (tertiary/aromatic N) is 1. The van der Waals surface area contributed by atoms with Crippen LogP contribution in [-0.2, 0) is 21.2 Å². The van der Waals surface area contributed by atoms with Gasteiger partial charge in [-0.1, -0.05) is 12.1 Å². The fraction of sp³-hybridized carbons (Fsp3) is 0.450. The summed E-state index contributed by atoms with van der Waals surface area (Å²) < 4.78 is 38.3. The number of rotatable bonds is 6. The molecular formula is C20H24N2O5S2. The molecule has 9 heteroatoms. The van der Waals surface area contributed by atoms with Gasteiger partial charge in [-0.05, 0) is 48.4 Å². The molecule has 7 nitrogen and oxygen atoms in total. The van der Waals surface area contributed by atoms with Gasteiger partial charge in [-0.15, -0.1) is 11.3 Å². The van der Waals surface area contributed by atoms with Crippen LogP contribution in [0.3, 0.4) is 0 Å². The number of nitrogens with one attached hydrogen (secondary N) is 1. The summed E-state index contributed by atoms with van der Waals surface area (Å²) in [6.07, 6.45) is 2.06. The molecular weight excluding hydrogens is 412 g/mol. The second-order valence-electron chi connectivity index (χ2n) is 7.15. The van der Waals surface area contributed by atoms with E-state index in [0.717, 1.165) is 17.1 Å². The molecule has 2 aliphatic heterocycles. The third kappa shape index (κ3) is 4.57. The van der Waals surface area contributed by atoms with Gasteiger partial charge >= 0.3 is 0 Å². The van der Waals surface area contributed by atoms with E-state index < -0.39 is 10.0 Å². The molecule has 4 rings (SSSR count). The molecule has 0 spiro atoms. The summed E-state index contributed by atoms with van der Waals surface area (Å²) in [7, 11) is -3.51. The van der Waals surface area contributed by atoms with Crippen LogP contribution < -0.4 is 14.8 Å². The maximum absolute atomic E-state index is 12.7. The molecule has 1 N–H and O–H groups in total. The molecule has 1 aromatic carbocycles. The van der Waals surface area contributed by atoms with Gasteiger partial charge in [-0.3, -0.25) is 4.79 Å². The Hall–Kier alpha value is -2.10. The molecule has 1 fully saturated rings. The van der Waals surface area contributed by atoms with Crippen molar-refractivity contribution in [2.24, 2.45) is 5.92 Å². The van der Waals surface area contributed by atoms with Crippen molar-refractivity contribution in [2.45, 2.75) is 23.5 Å². The van der Waals surface area contributed by atoms with Crippen LogP contribution in [0.2, 0.25) is 0 Å². The lowest BCUT2D eigenvalue weighted by Gasteiger charge is -2.30. The number of sulfonamides is 1. The smallest absolute Gasteiger partial charge is 0.252 e. The number of carbonyl (C=O) groups is 1. The topological polar surface area (TPSA) is 84.9 Å². The zero-order valence-corrected chi connectivity index (χ0v) is 17.6. The van der Waals surface area contributed by atoms with Crippen LogP contribution >= 0.6 is 11.3 Å². The number of fused-ring (bicyclic) bond motifs is 1. The Morgan fingerprint density at radius 3 is 2.83 bits per heavy atom. The molecule has 0 aliphatic carbocycles. The summed E-state index contributed by atoms with van der Waals surface area (Å²) in [4.78, 5) is 12.6. The standard InChI is InChI=1S/C20H24N2O5S2/c23-20(21-8-7-15-5-6-17-18(13-15)27-11-10-26-17)16-3-1-9-22(14-16)29(24,25)19-4-2-12-28-19/h2,4-6,12-13,16H,1,3,7-11,14H2,(H,21,23)/t16-/m0/s1. The molecule has 2 aromatic rings. The first-order valence-electron chi connectivity index (χ1n) is 9.74. The molecule has 3 heterocycles. The van der Waals surface area contributed by atoms with Gasteiger partial charge in [0, 0.05) is 19.6 Å². The van der Waals surface area contributed by atoms with E-state index in [1.54, 1.807) is 17.5 Å². The molecule has 1 atom stereocenters.